The first-order valence-electron chi connectivity index (χ1n) is 4.26. The van der Waals surface area contributed by atoms with Crippen LogP contribution in [0, 0.1) is 17.8 Å². The quantitative estimate of drug-likeness (QED) is 0.338. The van der Waals surface area contributed by atoms with E-state index in [9.17, 15) is 9.59 Å². The second-order valence-corrected chi connectivity index (χ2v) is 3.66. The largest absolute Gasteiger partial charge is 0.435 e. The number of ketones is 1. The number of Topliss-reactive ketones (excluding diaryl/α,β-unsaturated/α-hetero) is 1. The van der Waals surface area contributed by atoms with Gasteiger partial charge in [-0.2, -0.15) is 0 Å². The molecule has 0 aromatic heterocycles. The summed E-state index contributed by atoms with van der Waals surface area (Å²) < 4.78 is 9.73. The number of carbonyl (C=O) groups is 2. The van der Waals surface area contributed by atoms with Gasteiger partial charge in [0.2, 0.25) is 0 Å². The second kappa shape index (κ2) is 2.01. The van der Waals surface area contributed by atoms with Crippen molar-refractivity contribution in [2.75, 3.05) is 0 Å². The number of rotatable bonds is 2. The average molecular weight is 180 g/mol. The molecule has 1 saturated heterocycles. The number of epoxide rings is 1. The number of esters is 1. The zero-order chi connectivity index (χ0) is 9.16. The Labute approximate surface area is 74.5 Å². The summed E-state index contributed by atoms with van der Waals surface area (Å²) in [6.45, 7) is 3.29. The van der Waals surface area contributed by atoms with E-state index in [4.69, 9.17) is 4.74 Å². The molecule has 0 spiro atoms. The Morgan fingerprint density at radius 1 is 1.62 bits per heavy atom. The highest BCUT2D eigenvalue weighted by Gasteiger charge is 2.77. The summed E-state index contributed by atoms with van der Waals surface area (Å²) in [7, 11) is 0. The van der Waals surface area contributed by atoms with Crippen molar-refractivity contribution in [3.63, 3.8) is 0 Å². The van der Waals surface area contributed by atoms with Crippen molar-refractivity contribution in [1.82, 2.24) is 0 Å². The molecule has 0 bridgehead atoms. The molecule has 4 heteroatoms. The highest BCUT2D eigenvalue weighted by Crippen LogP contribution is 2.63. The van der Waals surface area contributed by atoms with Crippen molar-refractivity contribution in [3.05, 3.63) is 12.8 Å². The van der Waals surface area contributed by atoms with Gasteiger partial charge in [0.1, 0.15) is 6.10 Å². The second-order valence-electron chi connectivity index (χ2n) is 3.66. The van der Waals surface area contributed by atoms with Gasteiger partial charge in [0.05, 0.1) is 18.3 Å². The SMILES string of the molecule is C=COC(=O)[C@@H]1[C@H]2C(=O)[C@@H]3O[C@@H]3[C@@H]12. The zero-order valence-corrected chi connectivity index (χ0v) is 6.80. The van der Waals surface area contributed by atoms with Crippen molar-refractivity contribution in [3.8, 4) is 0 Å². The lowest BCUT2D eigenvalue weighted by molar-refractivity contribution is -0.141. The molecule has 2 saturated carbocycles. The Morgan fingerprint density at radius 3 is 2.92 bits per heavy atom. The van der Waals surface area contributed by atoms with Gasteiger partial charge >= 0.3 is 5.97 Å². The van der Waals surface area contributed by atoms with Crippen LogP contribution in [0.4, 0.5) is 0 Å². The Morgan fingerprint density at radius 2 is 2.38 bits per heavy atom. The van der Waals surface area contributed by atoms with E-state index < -0.39 is 0 Å². The van der Waals surface area contributed by atoms with Crippen LogP contribution < -0.4 is 0 Å². The third kappa shape index (κ3) is 0.740. The van der Waals surface area contributed by atoms with Crippen molar-refractivity contribution < 1.29 is 19.1 Å². The van der Waals surface area contributed by atoms with Crippen LogP contribution in [-0.2, 0) is 19.1 Å². The predicted octanol–water partition coefficient (Wildman–Crippen LogP) is -0.115. The van der Waals surface area contributed by atoms with Crippen LogP contribution >= 0.6 is 0 Å². The molecule has 0 aromatic rings. The molecule has 0 N–H and O–H groups in total. The number of fused-ring (bicyclic) bond motifs is 3. The standard InChI is InChI=1S/C9H8O4/c1-2-12-9(11)5-3-4(5)7-8(13-7)6(3)10/h2-5,7-8H,1H2/t3-,4+,5+,7+,8-/m0/s1. The van der Waals surface area contributed by atoms with E-state index in [-0.39, 0.29) is 41.7 Å². The molecule has 68 valence electrons. The molecule has 0 amide bonds. The molecule has 13 heavy (non-hydrogen) atoms. The Balaban J connectivity index is 1.75. The van der Waals surface area contributed by atoms with Crippen LogP contribution in [0.5, 0.6) is 0 Å². The van der Waals surface area contributed by atoms with Gasteiger partial charge in [0, 0.05) is 11.8 Å². The molecule has 1 heterocycles. The first-order chi connectivity index (χ1) is 6.25. The molecule has 0 aromatic carbocycles. The molecule has 0 unspecified atom stereocenters. The maximum absolute atomic E-state index is 11.3. The minimum Gasteiger partial charge on any atom is -0.435 e. The van der Waals surface area contributed by atoms with Gasteiger partial charge in [-0.05, 0) is 0 Å². The molecule has 3 aliphatic rings. The van der Waals surface area contributed by atoms with Gasteiger partial charge in [-0.1, -0.05) is 6.58 Å². The zero-order valence-electron chi connectivity index (χ0n) is 6.80. The minimum absolute atomic E-state index is 0.0138. The fourth-order valence-corrected chi connectivity index (χ4v) is 2.41. The average Bonchev–Trinajstić information content (AvgIpc) is 2.96. The number of hydrogen-bond donors (Lipinski definition) is 0. The number of carbonyl (C=O) groups excluding carboxylic acids is 2. The fraction of sp³-hybridized carbons (Fsp3) is 0.556. The molecule has 1 aliphatic heterocycles. The summed E-state index contributed by atoms with van der Waals surface area (Å²) in [6, 6.07) is 0. The van der Waals surface area contributed by atoms with Crippen LogP contribution in [0.15, 0.2) is 12.8 Å². The monoisotopic (exact) mass is 180 g/mol. The summed E-state index contributed by atoms with van der Waals surface area (Å²) in [5, 5.41) is 0. The molecular weight excluding hydrogens is 172 g/mol. The fourth-order valence-electron chi connectivity index (χ4n) is 2.41. The van der Waals surface area contributed by atoms with E-state index in [1.54, 1.807) is 0 Å². The first-order valence-corrected chi connectivity index (χ1v) is 4.26. The molecular formula is C9H8O4. The highest BCUT2D eigenvalue weighted by molar-refractivity contribution is 6.00. The van der Waals surface area contributed by atoms with E-state index in [0.29, 0.717) is 0 Å². The van der Waals surface area contributed by atoms with Crippen molar-refractivity contribution >= 4 is 11.8 Å². The van der Waals surface area contributed by atoms with Gasteiger partial charge in [-0.15, -0.1) is 0 Å². The van der Waals surface area contributed by atoms with Crippen LogP contribution in [0.3, 0.4) is 0 Å². The summed E-state index contributed by atoms with van der Waals surface area (Å²) in [6.07, 6.45) is 0.925. The third-order valence-corrected chi connectivity index (χ3v) is 3.06. The smallest absolute Gasteiger partial charge is 0.314 e. The van der Waals surface area contributed by atoms with Crippen LogP contribution in [-0.4, -0.2) is 24.0 Å². The highest BCUT2D eigenvalue weighted by atomic mass is 16.6. The van der Waals surface area contributed by atoms with Crippen molar-refractivity contribution in [2.45, 2.75) is 12.2 Å². The van der Waals surface area contributed by atoms with Crippen molar-refractivity contribution in [1.29, 1.82) is 0 Å². The van der Waals surface area contributed by atoms with Gasteiger partial charge in [0.15, 0.2) is 5.78 Å². The van der Waals surface area contributed by atoms with E-state index >= 15 is 0 Å². The molecule has 3 fully saturated rings. The summed E-state index contributed by atoms with van der Waals surface area (Å²) in [5.41, 5.74) is 0. The van der Waals surface area contributed by atoms with Gasteiger partial charge in [0.25, 0.3) is 0 Å². The molecule has 0 radical (unpaired) electrons. The van der Waals surface area contributed by atoms with Gasteiger partial charge < -0.3 is 9.47 Å². The van der Waals surface area contributed by atoms with Crippen LogP contribution in [0.25, 0.3) is 0 Å². The van der Waals surface area contributed by atoms with Crippen molar-refractivity contribution in [2.24, 2.45) is 17.8 Å². The topological polar surface area (TPSA) is 55.9 Å². The third-order valence-electron chi connectivity index (χ3n) is 3.06. The van der Waals surface area contributed by atoms with Gasteiger partial charge in [-0.3, -0.25) is 9.59 Å². The Kier molecular flexibility index (Phi) is 1.12. The molecule has 2 aliphatic carbocycles. The maximum atomic E-state index is 11.3. The molecule has 5 atom stereocenters. The van der Waals surface area contributed by atoms with Gasteiger partial charge in [-0.25, -0.2) is 0 Å². The normalized spacial score (nSPS) is 49.2. The van der Waals surface area contributed by atoms with E-state index in [2.05, 4.69) is 11.3 Å². The molecule has 4 nitrogen and oxygen atoms in total. The predicted molar refractivity (Wildman–Crippen MR) is 40.4 cm³/mol. The lowest BCUT2D eigenvalue weighted by Crippen LogP contribution is -2.15. The van der Waals surface area contributed by atoms with Crippen LogP contribution in [0.2, 0.25) is 0 Å². The Bertz CT molecular complexity index is 322. The minimum atomic E-state index is -0.340. The Hall–Kier alpha value is -1.16. The maximum Gasteiger partial charge on any atom is 0.314 e. The lowest BCUT2D eigenvalue weighted by Gasteiger charge is -1.97. The number of ether oxygens (including phenoxy) is 2. The first kappa shape index (κ1) is 7.26. The summed E-state index contributed by atoms with van der Waals surface area (Å²) >= 11 is 0. The van der Waals surface area contributed by atoms with E-state index in [1.807, 2.05) is 0 Å². The van der Waals surface area contributed by atoms with Crippen LogP contribution in [0.1, 0.15) is 0 Å². The number of hydrogen-bond acceptors (Lipinski definition) is 4. The summed E-state index contributed by atoms with van der Waals surface area (Å²) in [5.74, 6) is -0.524. The van der Waals surface area contributed by atoms with E-state index in [0.717, 1.165) is 6.26 Å². The summed E-state index contributed by atoms with van der Waals surface area (Å²) in [4.78, 5) is 22.6. The molecule has 3 rings (SSSR count). The van der Waals surface area contributed by atoms with E-state index in [1.165, 1.54) is 0 Å². The lowest BCUT2D eigenvalue weighted by atomic mass is 10.1.